The molecular formula is C33H46N2O8. The molecule has 3 unspecified atom stereocenters. The zero-order valence-corrected chi connectivity index (χ0v) is 26.0. The number of carbonyl (C=O) groups is 2. The van der Waals surface area contributed by atoms with E-state index in [1.165, 1.54) is 14.2 Å². The lowest BCUT2D eigenvalue weighted by atomic mass is 10.1. The quantitative estimate of drug-likeness (QED) is 0.430. The van der Waals surface area contributed by atoms with E-state index in [1.54, 1.807) is 36.4 Å². The first-order valence-electron chi connectivity index (χ1n) is 15.3. The summed E-state index contributed by atoms with van der Waals surface area (Å²) in [6.07, 6.45) is 3.59. The molecular weight excluding hydrogens is 552 g/mol. The number of fused-ring (bicyclic) bond motifs is 5. The Kier molecular flexibility index (Phi) is 12.3. The molecule has 2 aromatic carbocycles. The SMILES string of the molecule is COc1cc2cc(c1OC)OCCCC(OC(=O)c1ccc(OC(C)C)cc1)CCN1CCCN(CCCOC2=O)CC1. The standard InChI is InChI=1S/C33H46N2O8/c1-24(2)42-28-11-9-25(10-12-28)33(37)43-27-8-5-20-40-30-23-26(22-29(38-3)31(30)39-4)32(36)41-21-7-16-34-14-6-15-35(17-13-27)19-18-34/h9-12,22-24,27H,5-8,13-21H2,1-4H3. The molecule has 10 nitrogen and oxygen atoms in total. The Hall–Kier alpha value is -3.50. The minimum Gasteiger partial charge on any atom is -0.493 e. The van der Waals surface area contributed by atoms with Crippen molar-refractivity contribution in [3.63, 3.8) is 0 Å². The highest BCUT2D eigenvalue weighted by Crippen LogP contribution is 2.39. The lowest BCUT2D eigenvalue weighted by Crippen LogP contribution is -2.34. The summed E-state index contributed by atoms with van der Waals surface area (Å²) >= 11 is 0. The van der Waals surface area contributed by atoms with Gasteiger partial charge in [-0.25, -0.2) is 9.59 Å². The van der Waals surface area contributed by atoms with Gasteiger partial charge in [-0.1, -0.05) is 0 Å². The van der Waals surface area contributed by atoms with E-state index in [0.29, 0.717) is 54.4 Å². The molecule has 2 heterocycles. The Morgan fingerprint density at radius 2 is 1.53 bits per heavy atom. The Balaban J connectivity index is 1.49. The average molecular weight is 599 g/mol. The van der Waals surface area contributed by atoms with Crippen molar-refractivity contribution in [2.24, 2.45) is 0 Å². The number of cyclic esters (lactones) is 1. The maximum Gasteiger partial charge on any atom is 0.338 e. The van der Waals surface area contributed by atoms with Gasteiger partial charge in [-0.05, 0) is 95.4 Å². The van der Waals surface area contributed by atoms with Crippen LogP contribution in [0.4, 0.5) is 0 Å². The molecule has 2 aliphatic heterocycles. The largest absolute Gasteiger partial charge is 0.493 e. The molecule has 2 aliphatic rings. The van der Waals surface area contributed by atoms with Crippen LogP contribution < -0.4 is 18.9 Å². The first-order chi connectivity index (χ1) is 20.9. The first-order valence-corrected chi connectivity index (χ1v) is 15.3. The molecule has 0 spiro atoms. The van der Waals surface area contributed by atoms with Gasteiger partial charge in [0, 0.05) is 26.2 Å². The minimum absolute atomic E-state index is 0.0556. The zero-order chi connectivity index (χ0) is 30.6. The van der Waals surface area contributed by atoms with Crippen molar-refractivity contribution >= 4 is 11.9 Å². The summed E-state index contributed by atoms with van der Waals surface area (Å²) in [7, 11) is 3.05. The number of ether oxygens (including phenoxy) is 6. The lowest BCUT2D eigenvalue weighted by molar-refractivity contribution is 0.0221. The molecule has 43 heavy (non-hydrogen) atoms. The second-order valence-corrected chi connectivity index (χ2v) is 11.2. The van der Waals surface area contributed by atoms with Crippen molar-refractivity contribution in [3.8, 4) is 23.0 Å². The zero-order valence-electron chi connectivity index (χ0n) is 26.0. The van der Waals surface area contributed by atoms with Crippen LogP contribution in [-0.4, -0.2) is 101 Å². The third kappa shape index (κ3) is 9.76. The fraction of sp³-hybridized carbons (Fsp3) is 0.576. The van der Waals surface area contributed by atoms with Crippen LogP contribution in [0.2, 0.25) is 0 Å². The van der Waals surface area contributed by atoms with Gasteiger partial charge in [-0.15, -0.1) is 0 Å². The molecule has 1 saturated heterocycles. The molecule has 0 radical (unpaired) electrons. The summed E-state index contributed by atoms with van der Waals surface area (Å²) < 4.78 is 34.4. The van der Waals surface area contributed by atoms with Crippen LogP contribution in [0.3, 0.4) is 0 Å². The predicted molar refractivity (Wildman–Crippen MR) is 163 cm³/mol. The highest BCUT2D eigenvalue weighted by molar-refractivity contribution is 5.91. The van der Waals surface area contributed by atoms with Crippen LogP contribution in [-0.2, 0) is 9.47 Å². The molecule has 0 aliphatic carbocycles. The Labute approximate surface area is 255 Å². The van der Waals surface area contributed by atoms with E-state index in [4.69, 9.17) is 28.4 Å². The van der Waals surface area contributed by atoms with Gasteiger partial charge in [0.05, 0.1) is 44.7 Å². The maximum absolute atomic E-state index is 13.1. The molecule has 4 rings (SSSR count). The van der Waals surface area contributed by atoms with E-state index in [-0.39, 0.29) is 18.2 Å². The van der Waals surface area contributed by atoms with E-state index < -0.39 is 5.97 Å². The fourth-order valence-corrected chi connectivity index (χ4v) is 5.41. The summed E-state index contributed by atoms with van der Waals surface area (Å²) in [4.78, 5) is 30.9. The second kappa shape index (κ2) is 16.4. The van der Waals surface area contributed by atoms with Gasteiger partial charge in [0.15, 0.2) is 11.5 Å². The number of benzene rings is 2. The van der Waals surface area contributed by atoms with E-state index >= 15 is 0 Å². The second-order valence-electron chi connectivity index (χ2n) is 11.2. The lowest BCUT2D eigenvalue weighted by Gasteiger charge is -2.24. The van der Waals surface area contributed by atoms with E-state index in [1.807, 2.05) is 13.8 Å². The first kappa shape index (κ1) is 32.4. The van der Waals surface area contributed by atoms with Crippen molar-refractivity contribution in [1.82, 2.24) is 9.80 Å². The van der Waals surface area contributed by atoms with Crippen molar-refractivity contribution in [3.05, 3.63) is 47.5 Å². The summed E-state index contributed by atoms with van der Waals surface area (Å²) in [5.41, 5.74) is 0.835. The summed E-state index contributed by atoms with van der Waals surface area (Å²) in [6, 6.07) is 10.3. The monoisotopic (exact) mass is 598 g/mol. The molecule has 3 atom stereocenters. The molecule has 0 saturated carbocycles. The summed E-state index contributed by atoms with van der Waals surface area (Å²) in [5.74, 6) is 1.14. The smallest absolute Gasteiger partial charge is 0.338 e. The number of hydrogen-bond donors (Lipinski definition) is 0. The summed E-state index contributed by atoms with van der Waals surface area (Å²) in [5, 5.41) is 0. The van der Waals surface area contributed by atoms with Gasteiger partial charge in [-0.3, -0.25) is 0 Å². The average Bonchev–Trinajstić information content (AvgIpc) is 3.24. The molecule has 2 aromatic rings. The van der Waals surface area contributed by atoms with Crippen LogP contribution in [0.5, 0.6) is 23.0 Å². The van der Waals surface area contributed by atoms with Gasteiger partial charge < -0.3 is 38.2 Å². The van der Waals surface area contributed by atoms with E-state index in [2.05, 4.69) is 9.80 Å². The molecule has 0 aromatic heterocycles. The number of carbonyl (C=O) groups excluding carboxylic acids is 2. The van der Waals surface area contributed by atoms with Gasteiger partial charge in [-0.2, -0.15) is 0 Å². The highest BCUT2D eigenvalue weighted by atomic mass is 16.5. The molecule has 4 bridgehead atoms. The van der Waals surface area contributed by atoms with Crippen molar-refractivity contribution in [2.45, 2.75) is 58.2 Å². The van der Waals surface area contributed by atoms with Gasteiger partial charge in [0.2, 0.25) is 5.75 Å². The van der Waals surface area contributed by atoms with Crippen LogP contribution in [0.15, 0.2) is 36.4 Å². The van der Waals surface area contributed by atoms with Crippen LogP contribution in [0.25, 0.3) is 0 Å². The third-order valence-corrected chi connectivity index (χ3v) is 7.64. The van der Waals surface area contributed by atoms with Gasteiger partial charge in [0.1, 0.15) is 11.9 Å². The maximum atomic E-state index is 13.1. The number of methoxy groups -OCH3 is 2. The van der Waals surface area contributed by atoms with Crippen LogP contribution in [0, 0.1) is 0 Å². The van der Waals surface area contributed by atoms with Crippen molar-refractivity contribution in [2.75, 3.05) is 66.7 Å². The van der Waals surface area contributed by atoms with Crippen molar-refractivity contribution in [1.29, 1.82) is 0 Å². The number of hydrogen-bond acceptors (Lipinski definition) is 10. The van der Waals surface area contributed by atoms with Crippen LogP contribution >= 0.6 is 0 Å². The Morgan fingerprint density at radius 3 is 2.23 bits per heavy atom. The molecule has 1 fully saturated rings. The van der Waals surface area contributed by atoms with Crippen LogP contribution in [0.1, 0.15) is 66.7 Å². The molecule has 0 N–H and O–H groups in total. The Bertz CT molecular complexity index is 1190. The number of rotatable bonds is 6. The van der Waals surface area contributed by atoms with E-state index in [0.717, 1.165) is 64.3 Å². The van der Waals surface area contributed by atoms with Crippen molar-refractivity contribution < 1.29 is 38.0 Å². The topological polar surface area (TPSA) is 96.0 Å². The highest BCUT2D eigenvalue weighted by Gasteiger charge is 2.22. The normalized spacial score (nSPS) is 22.2. The molecule has 0 amide bonds. The number of esters is 2. The molecule has 10 heteroatoms. The Morgan fingerprint density at radius 1 is 0.837 bits per heavy atom. The predicted octanol–water partition coefficient (Wildman–Crippen LogP) is 4.83. The summed E-state index contributed by atoms with van der Waals surface area (Å²) in [6.45, 7) is 10.2. The third-order valence-electron chi connectivity index (χ3n) is 7.64. The fourth-order valence-electron chi connectivity index (χ4n) is 5.41. The van der Waals surface area contributed by atoms with E-state index in [9.17, 15) is 9.59 Å². The number of nitrogens with zero attached hydrogens (tertiary/aromatic N) is 2. The van der Waals surface area contributed by atoms with Gasteiger partial charge in [0.25, 0.3) is 0 Å². The molecule has 236 valence electrons. The van der Waals surface area contributed by atoms with Gasteiger partial charge >= 0.3 is 11.9 Å². The minimum atomic E-state index is -0.429.